The molecule has 0 bridgehead atoms. The van der Waals surface area contributed by atoms with Gasteiger partial charge in [-0.15, -0.1) is 0 Å². The van der Waals surface area contributed by atoms with Crippen LogP contribution < -0.4 is 5.32 Å². The van der Waals surface area contributed by atoms with E-state index in [1.807, 2.05) is 6.07 Å². The van der Waals surface area contributed by atoms with E-state index in [1.54, 1.807) is 12.1 Å². The van der Waals surface area contributed by atoms with Gasteiger partial charge in [0.1, 0.15) is 0 Å². The van der Waals surface area contributed by atoms with Gasteiger partial charge < -0.3 is 10.4 Å². The van der Waals surface area contributed by atoms with Crippen molar-refractivity contribution in [1.29, 1.82) is 0 Å². The Balaban J connectivity index is 1.86. The highest BCUT2D eigenvalue weighted by Gasteiger charge is 2.19. The molecule has 0 saturated heterocycles. The van der Waals surface area contributed by atoms with Crippen LogP contribution in [-0.4, -0.2) is 22.7 Å². The lowest BCUT2D eigenvalue weighted by molar-refractivity contribution is -0.384. The van der Waals surface area contributed by atoms with Crippen LogP contribution in [0.3, 0.4) is 0 Å². The summed E-state index contributed by atoms with van der Waals surface area (Å²) in [7, 11) is 0. The molecule has 2 rings (SSSR count). The molecule has 1 aromatic carbocycles. The van der Waals surface area contributed by atoms with Gasteiger partial charge in [0.2, 0.25) is 0 Å². The van der Waals surface area contributed by atoms with Crippen LogP contribution in [0.5, 0.6) is 0 Å². The van der Waals surface area contributed by atoms with Crippen LogP contribution >= 0.6 is 0 Å². The van der Waals surface area contributed by atoms with E-state index in [1.165, 1.54) is 6.07 Å². The van der Waals surface area contributed by atoms with E-state index in [-0.39, 0.29) is 16.7 Å². The van der Waals surface area contributed by atoms with Crippen molar-refractivity contribution < 1.29 is 10.0 Å². The number of nitrogens with one attached hydrogen (secondary N) is 1. The number of rotatable bonds is 4. The van der Waals surface area contributed by atoms with Gasteiger partial charge in [-0.05, 0) is 37.7 Å². The van der Waals surface area contributed by atoms with Crippen molar-refractivity contribution in [2.75, 3.05) is 11.9 Å². The van der Waals surface area contributed by atoms with Gasteiger partial charge in [-0.3, -0.25) is 10.1 Å². The van der Waals surface area contributed by atoms with Crippen molar-refractivity contribution in [3.05, 3.63) is 34.4 Å². The second-order valence-corrected chi connectivity index (χ2v) is 4.86. The standard InChI is InChI=1S/C13H18N2O3/c16-13-6-4-10(5-7-13)9-14-11-2-1-3-12(8-11)15(17)18/h1-3,8,10,13-14,16H,4-7,9H2. The number of non-ortho nitro benzene ring substituents is 1. The summed E-state index contributed by atoms with van der Waals surface area (Å²) in [6.07, 6.45) is 3.62. The van der Waals surface area contributed by atoms with Gasteiger partial charge in [-0.1, -0.05) is 6.07 Å². The number of anilines is 1. The van der Waals surface area contributed by atoms with Crippen LogP contribution in [0.2, 0.25) is 0 Å². The van der Waals surface area contributed by atoms with Crippen LogP contribution in [0.4, 0.5) is 11.4 Å². The number of aliphatic hydroxyl groups excluding tert-OH is 1. The number of hydrogen-bond donors (Lipinski definition) is 2. The molecule has 1 aliphatic carbocycles. The lowest BCUT2D eigenvalue weighted by Gasteiger charge is -2.25. The van der Waals surface area contributed by atoms with Crippen molar-refractivity contribution in [3.8, 4) is 0 Å². The van der Waals surface area contributed by atoms with E-state index in [4.69, 9.17) is 0 Å². The molecule has 0 aromatic heterocycles. The first-order valence-electron chi connectivity index (χ1n) is 6.31. The van der Waals surface area contributed by atoms with Gasteiger partial charge in [0.25, 0.3) is 5.69 Å². The van der Waals surface area contributed by atoms with Gasteiger partial charge in [-0.2, -0.15) is 0 Å². The van der Waals surface area contributed by atoms with Gasteiger partial charge >= 0.3 is 0 Å². The maximum atomic E-state index is 10.6. The average molecular weight is 250 g/mol. The fourth-order valence-corrected chi connectivity index (χ4v) is 2.34. The Bertz CT molecular complexity index is 414. The molecule has 1 fully saturated rings. The van der Waals surface area contributed by atoms with Crippen LogP contribution in [-0.2, 0) is 0 Å². The lowest BCUT2D eigenvalue weighted by atomic mass is 9.87. The second-order valence-electron chi connectivity index (χ2n) is 4.86. The molecule has 2 N–H and O–H groups in total. The van der Waals surface area contributed by atoms with Gasteiger partial charge in [0.05, 0.1) is 11.0 Å². The number of nitro groups is 1. The molecule has 0 atom stereocenters. The third kappa shape index (κ3) is 3.43. The molecule has 1 aliphatic rings. The number of hydrogen-bond acceptors (Lipinski definition) is 4. The molecule has 5 heteroatoms. The van der Waals surface area contributed by atoms with Crippen molar-refractivity contribution in [2.24, 2.45) is 5.92 Å². The Kier molecular flexibility index (Phi) is 4.15. The molecule has 18 heavy (non-hydrogen) atoms. The molecule has 5 nitrogen and oxygen atoms in total. The van der Waals surface area contributed by atoms with Crippen molar-refractivity contribution in [2.45, 2.75) is 31.8 Å². The summed E-state index contributed by atoms with van der Waals surface area (Å²) in [6, 6.07) is 6.57. The summed E-state index contributed by atoms with van der Waals surface area (Å²) in [5, 5.41) is 23.3. The SMILES string of the molecule is O=[N+]([O-])c1cccc(NCC2CCC(O)CC2)c1. The van der Waals surface area contributed by atoms with Gasteiger partial charge in [0, 0.05) is 24.4 Å². The van der Waals surface area contributed by atoms with E-state index in [2.05, 4.69) is 5.32 Å². The van der Waals surface area contributed by atoms with E-state index < -0.39 is 0 Å². The summed E-state index contributed by atoms with van der Waals surface area (Å²) in [5.41, 5.74) is 0.898. The van der Waals surface area contributed by atoms with Crippen molar-refractivity contribution in [3.63, 3.8) is 0 Å². The molecule has 0 spiro atoms. The summed E-state index contributed by atoms with van der Waals surface area (Å²) in [4.78, 5) is 10.3. The molecule has 98 valence electrons. The van der Waals surface area contributed by atoms with E-state index >= 15 is 0 Å². The molecular formula is C13H18N2O3. The molecule has 1 saturated carbocycles. The molecule has 0 amide bonds. The minimum Gasteiger partial charge on any atom is -0.393 e. The minimum atomic E-state index is -0.387. The van der Waals surface area contributed by atoms with E-state index in [9.17, 15) is 15.2 Å². The third-order valence-electron chi connectivity index (χ3n) is 3.47. The van der Waals surface area contributed by atoms with Crippen molar-refractivity contribution in [1.82, 2.24) is 0 Å². The summed E-state index contributed by atoms with van der Waals surface area (Å²) < 4.78 is 0. The zero-order valence-electron chi connectivity index (χ0n) is 10.2. The highest BCUT2D eigenvalue weighted by Crippen LogP contribution is 2.25. The Morgan fingerprint density at radius 3 is 2.72 bits per heavy atom. The smallest absolute Gasteiger partial charge is 0.271 e. The number of nitro benzene ring substituents is 1. The third-order valence-corrected chi connectivity index (χ3v) is 3.47. The molecule has 0 unspecified atom stereocenters. The maximum absolute atomic E-state index is 10.6. The molecule has 0 heterocycles. The molecule has 0 radical (unpaired) electrons. The highest BCUT2D eigenvalue weighted by molar-refractivity contribution is 5.50. The number of nitrogens with zero attached hydrogens (tertiary/aromatic N) is 1. The van der Waals surface area contributed by atoms with Crippen LogP contribution in [0.1, 0.15) is 25.7 Å². The van der Waals surface area contributed by atoms with Crippen LogP contribution in [0.25, 0.3) is 0 Å². The Morgan fingerprint density at radius 1 is 1.33 bits per heavy atom. The quantitative estimate of drug-likeness (QED) is 0.636. The molecule has 0 aliphatic heterocycles. The largest absolute Gasteiger partial charge is 0.393 e. The number of benzene rings is 1. The topological polar surface area (TPSA) is 75.4 Å². The monoisotopic (exact) mass is 250 g/mol. The van der Waals surface area contributed by atoms with Crippen molar-refractivity contribution >= 4 is 11.4 Å². The van der Waals surface area contributed by atoms with Gasteiger partial charge in [0.15, 0.2) is 0 Å². The zero-order valence-corrected chi connectivity index (χ0v) is 10.2. The summed E-state index contributed by atoms with van der Waals surface area (Å²) >= 11 is 0. The first-order valence-corrected chi connectivity index (χ1v) is 6.31. The fraction of sp³-hybridized carbons (Fsp3) is 0.538. The predicted octanol–water partition coefficient (Wildman–Crippen LogP) is 2.56. The second kappa shape index (κ2) is 5.82. The van der Waals surface area contributed by atoms with Crippen LogP contribution in [0, 0.1) is 16.0 Å². The minimum absolute atomic E-state index is 0.110. The Labute approximate surface area is 106 Å². The average Bonchev–Trinajstić information content (AvgIpc) is 2.38. The first kappa shape index (κ1) is 12.8. The Hall–Kier alpha value is -1.62. The first-order chi connectivity index (χ1) is 8.65. The maximum Gasteiger partial charge on any atom is 0.271 e. The zero-order chi connectivity index (χ0) is 13.0. The van der Waals surface area contributed by atoms with E-state index in [0.29, 0.717) is 5.92 Å². The summed E-state index contributed by atoms with van der Waals surface area (Å²) in [6.45, 7) is 0.813. The van der Waals surface area contributed by atoms with Crippen LogP contribution in [0.15, 0.2) is 24.3 Å². The molecular weight excluding hydrogens is 232 g/mol. The normalized spacial score (nSPS) is 23.6. The number of aliphatic hydroxyl groups is 1. The highest BCUT2D eigenvalue weighted by atomic mass is 16.6. The predicted molar refractivity (Wildman–Crippen MR) is 69.6 cm³/mol. The van der Waals surface area contributed by atoms with E-state index in [0.717, 1.165) is 37.9 Å². The fourth-order valence-electron chi connectivity index (χ4n) is 2.34. The van der Waals surface area contributed by atoms with Gasteiger partial charge in [-0.25, -0.2) is 0 Å². The molecule has 1 aromatic rings. The summed E-state index contributed by atoms with van der Waals surface area (Å²) in [5.74, 6) is 0.549. The Morgan fingerprint density at radius 2 is 2.06 bits per heavy atom. The lowest BCUT2D eigenvalue weighted by Crippen LogP contribution is -2.23.